The second-order valence-corrected chi connectivity index (χ2v) is 7.10. The Morgan fingerprint density at radius 3 is 2.72 bits per heavy atom. The second-order valence-electron chi connectivity index (χ2n) is 4.80. The van der Waals surface area contributed by atoms with Crippen molar-refractivity contribution >= 4 is 9.84 Å². The zero-order valence-electron chi connectivity index (χ0n) is 10.3. The molecule has 1 fully saturated rings. The van der Waals surface area contributed by atoms with Crippen LogP contribution in [0.15, 0.2) is 4.52 Å². The third-order valence-corrected chi connectivity index (χ3v) is 4.97. The van der Waals surface area contributed by atoms with Crippen molar-refractivity contribution in [3.63, 3.8) is 0 Å². The van der Waals surface area contributed by atoms with Gasteiger partial charge in [0, 0.05) is 12.8 Å². The van der Waals surface area contributed by atoms with Crippen LogP contribution < -0.4 is 5.73 Å². The molecule has 0 unspecified atom stereocenters. The van der Waals surface area contributed by atoms with E-state index >= 15 is 0 Å². The van der Waals surface area contributed by atoms with Gasteiger partial charge in [0.05, 0.1) is 11.5 Å². The van der Waals surface area contributed by atoms with E-state index in [0.29, 0.717) is 43.4 Å². The van der Waals surface area contributed by atoms with Crippen molar-refractivity contribution in [3.05, 3.63) is 11.7 Å². The Morgan fingerprint density at radius 1 is 1.33 bits per heavy atom. The van der Waals surface area contributed by atoms with Gasteiger partial charge in [-0.15, -0.1) is 0 Å². The Labute approximate surface area is 107 Å². The average Bonchev–Trinajstić information content (AvgIpc) is 2.77. The van der Waals surface area contributed by atoms with Crippen molar-refractivity contribution in [1.29, 1.82) is 0 Å². The molecule has 0 radical (unpaired) electrons. The zero-order chi connectivity index (χ0) is 13.0. The maximum Gasteiger partial charge on any atom is 0.226 e. The van der Waals surface area contributed by atoms with Gasteiger partial charge in [-0.25, -0.2) is 8.42 Å². The van der Waals surface area contributed by atoms with Crippen molar-refractivity contribution < 1.29 is 12.9 Å². The first-order valence-corrected chi connectivity index (χ1v) is 8.13. The van der Waals surface area contributed by atoms with Crippen LogP contribution >= 0.6 is 0 Å². The average molecular weight is 273 g/mol. The number of nitrogens with two attached hydrogens (primary N) is 1. The predicted octanol–water partition coefficient (Wildman–Crippen LogP) is 0.328. The van der Waals surface area contributed by atoms with E-state index in [1.54, 1.807) is 0 Å². The van der Waals surface area contributed by atoms with Gasteiger partial charge in [-0.05, 0) is 31.7 Å². The molecule has 0 saturated carbocycles. The fourth-order valence-corrected chi connectivity index (χ4v) is 3.71. The summed E-state index contributed by atoms with van der Waals surface area (Å²) in [5.41, 5.74) is 5.41. The summed E-state index contributed by atoms with van der Waals surface area (Å²) in [4.78, 5) is 4.30. The molecule has 1 aliphatic rings. The standard InChI is InChI=1S/C11H19N3O3S/c12-5-1-2-10-13-11(17-14-10)8-9-3-6-18(15,16)7-4-9/h9H,1-8,12H2. The van der Waals surface area contributed by atoms with Crippen LogP contribution in [0.3, 0.4) is 0 Å². The molecule has 1 aromatic rings. The van der Waals surface area contributed by atoms with Crippen LogP contribution in [0, 0.1) is 5.92 Å². The van der Waals surface area contributed by atoms with E-state index in [4.69, 9.17) is 10.3 Å². The topological polar surface area (TPSA) is 99.1 Å². The predicted molar refractivity (Wildman–Crippen MR) is 66.8 cm³/mol. The first-order valence-electron chi connectivity index (χ1n) is 6.31. The molecule has 0 aromatic carbocycles. The highest BCUT2D eigenvalue weighted by atomic mass is 32.2. The highest BCUT2D eigenvalue weighted by molar-refractivity contribution is 7.91. The molecule has 0 amide bonds. The molecule has 7 heteroatoms. The van der Waals surface area contributed by atoms with Gasteiger partial charge in [-0.2, -0.15) is 4.98 Å². The zero-order valence-corrected chi connectivity index (χ0v) is 11.2. The van der Waals surface area contributed by atoms with E-state index in [0.717, 1.165) is 12.8 Å². The van der Waals surface area contributed by atoms with Gasteiger partial charge in [0.15, 0.2) is 5.82 Å². The van der Waals surface area contributed by atoms with E-state index in [9.17, 15) is 8.42 Å². The van der Waals surface area contributed by atoms with Crippen LogP contribution in [-0.2, 0) is 22.7 Å². The summed E-state index contributed by atoms with van der Waals surface area (Å²) in [5, 5.41) is 3.89. The summed E-state index contributed by atoms with van der Waals surface area (Å²) < 4.78 is 27.8. The fraction of sp³-hybridized carbons (Fsp3) is 0.818. The van der Waals surface area contributed by atoms with E-state index in [-0.39, 0.29) is 11.5 Å². The Morgan fingerprint density at radius 2 is 2.06 bits per heavy atom. The summed E-state index contributed by atoms with van der Waals surface area (Å²) in [6.45, 7) is 0.615. The van der Waals surface area contributed by atoms with E-state index < -0.39 is 9.84 Å². The maximum absolute atomic E-state index is 11.3. The second kappa shape index (κ2) is 5.79. The molecule has 1 aromatic heterocycles. The van der Waals surface area contributed by atoms with Crippen molar-refractivity contribution in [3.8, 4) is 0 Å². The molecule has 0 aliphatic carbocycles. The molecule has 18 heavy (non-hydrogen) atoms. The van der Waals surface area contributed by atoms with Gasteiger partial charge in [0.25, 0.3) is 0 Å². The van der Waals surface area contributed by atoms with Gasteiger partial charge < -0.3 is 10.3 Å². The summed E-state index contributed by atoms with van der Waals surface area (Å²) in [6.07, 6.45) is 3.66. The lowest BCUT2D eigenvalue weighted by Gasteiger charge is -2.19. The molecular weight excluding hydrogens is 254 g/mol. The molecule has 0 spiro atoms. The number of hydrogen-bond acceptors (Lipinski definition) is 6. The number of sulfone groups is 1. The minimum atomic E-state index is -2.80. The summed E-state index contributed by atoms with van der Waals surface area (Å²) in [6, 6.07) is 0. The van der Waals surface area contributed by atoms with Crippen LogP contribution in [-0.4, -0.2) is 36.6 Å². The van der Waals surface area contributed by atoms with E-state index in [1.807, 2.05) is 0 Å². The molecule has 2 rings (SSSR count). The Bertz CT molecular complexity index is 469. The first kappa shape index (κ1) is 13.5. The van der Waals surface area contributed by atoms with Crippen molar-refractivity contribution in [2.45, 2.75) is 32.1 Å². The lowest BCUT2D eigenvalue weighted by Crippen LogP contribution is -2.24. The van der Waals surface area contributed by atoms with Gasteiger partial charge in [-0.1, -0.05) is 5.16 Å². The minimum Gasteiger partial charge on any atom is -0.339 e. The highest BCUT2D eigenvalue weighted by Gasteiger charge is 2.25. The monoisotopic (exact) mass is 273 g/mol. The molecule has 0 atom stereocenters. The summed E-state index contributed by atoms with van der Waals surface area (Å²) in [5.74, 6) is 2.22. The third-order valence-electron chi connectivity index (χ3n) is 3.25. The SMILES string of the molecule is NCCCc1noc(CC2CCS(=O)(=O)CC2)n1. The number of aromatic nitrogens is 2. The Balaban J connectivity index is 1.84. The fourth-order valence-electron chi connectivity index (χ4n) is 2.12. The number of hydrogen-bond donors (Lipinski definition) is 1. The van der Waals surface area contributed by atoms with Crippen LogP contribution in [0.4, 0.5) is 0 Å². The lowest BCUT2D eigenvalue weighted by molar-refractivity contribution is 0.339. The van der Waals surface area contributed by atoms with Crippen molar-refractivity contribution in [2.75, 3.05) is 18.1 Å². The molecular formula is C11H19N3O3S. The van der Waals surface area contributed by atoms with Crippen LogP contribution in [0.2, 0.25) is 0 Å². The Kier molecular flexibility index (Phi) is 4.34. The first-order chi connectivity index (χ1) is 8.59. The van der Waals surface area contributed by atoms with Crippen LogP contribution in [0.1, 0.15) is 31.0 Å². The maximum atomic E-state index is 11.3. The molecule has 2 N–H and O–H groups in total. The van der Waals surface area contributed by atoms with E-state index in [2.05, 4.69) is 10.1 Å². The normalized spacial score (nSPS) is 20.1. The minimum absolute atomic E-state index is 0.284. The van der Waals surface area contributed by atoms with Crippen LogP contribution in [0.25, 0.3) is 0 Å². The quantitative estimate of drug-likeness (QED) is 0.830. The number of rotatable bonds is 5. The Hall–Kier alpha value is -0.950. The van der Waals surface area contributed by atoms with Crippen LogP contribution in [0.5, 0.6) is 0 Å². The summed E-state index contributed by atoms with van der Waals surface area (Å²) >= 11 is 0. The number of nitrogens with zero attached hydrogens (tertiary/aromatic N) is 2. The molecule has 0 bridgehead atoms. The lowest BCUT2D eigenvalue weighted by atomic mass is 9.99. The smallest absolute Gasteiger partial charge is 0.226 e. The molecule has 2 heterocycles. The molecule has 1 aliphatic heterocycles. The van der Waals surface area contributed by atoms with Gasteiger partial charge >= 0.3 is 0 Å². The van der Waals surface area contributed by atoms with Gasteiger partial charge in [-0.3, -0.25) is 0 Å². The van der Waals surface area contributed by atoms with E-state index in [1.165, 1.54) is 0 Å². The molecule has 1 saturated heterocycles. The van der Waals surface area contributed by atoms with Gasteiger partial charge in [0.1, 0.15) is 9.84 Å². The molecule has 102 valence electrons. The van der Waals surface area contributed by atoms with Crippen molar-refractivity contribution in [1.82, 2.24) is 10.1 Å². The van der Waals surface area contributed by atoms with Crippen molar-refractivity contribution in [2.24, 2.45) is 11.7 Å². The highest BCUT2D eigenvalue weighted by Crippen LogP contribution is 2.22. The number of aryl methyl sites for hydroxylation is 1. The molecule has 6 nitrogen and oxygen atoms in total. The third kappa shape index (κ3) is 3.78. The largest absolute Gasteiger partial charge is 0.339 e. The summed E-state index contributed by atoms with van der Waals surface area (Å²) in [7, 11) is -2.80. The van der Waals surface area contributed by atoms with Gasteiger partial charge in [0.2, 0.25) is 5.89 Å².